The Bertz CT molecular complexity index is 643. The molecule has 0 aliphatic carbocycles. The molecular weight excluding hydrogens is 316 g/mol. The van der Waals surface area contributed by atoms with Crippen LogP contribution in [0.2, 0.25) is 0 Å². The van der Waals surface area contributed by atoms with Crippen LogP contribution in [-0.4, -0.2) is 45.8 Å². The van der Waals surface area contributed by atoms with Crippen molar-refractivity contribution in [2.45, 2.75) is 19.4 Å². The number of amides is 1. The van der Waals surface area contributed by atoms with Crippen LogP contribution in [0.15, 0.2) is 24.3 Å². The van der Waals surface area contributed by atoms with Crippen LogP contribution in [0.5, 0.6) is 0 Å². The second-order valence-corrected chi connectivity index (χ2v) is 7.93. The molecule has 0 saturated carbocycles. The third-order valence-corrected chi connectivity index (χ3v) is 5.54. The molecule has 1 aromatic rings. The molecule has 1 amide bonds. The average Bonchev–Trinajstić information content (AvgIpc) is 2.53. The van der Waals surface area contributed by atoms with Crippen LogP contribution < -0.4 is 15.4 Å². The molecule has 2 rings (SSSR count). The highest BCUT2D eigenvalue weighted by Gasteiger charge is 2.24. The van der Waals surface area contributed by atoms with Crippen molar-refractivity contribution in [3.8, 4) is 0 Å². The average molecular weight is 340 g/mol. The first kappa shape index (κ1) is 17.7. The summed E-state index contributed by atoms with van der Waals surface area (Å²) in [6.07, 6.45) is 1.79. The highest BCUT2D eigenvalue weighted by molar-refractivity contribution is 7.87. The van der Waals surface area contributed by atoms with E-state index in [0.29, 0.717) is 6.54 Å². The van der Waals surface area contributed by atoms with E-state index in [1.165, 1.54) is 14.1 Å². The number of carbonyl (C=O) groups is 1. The predicted molar refractivity (Wildman–Crippen MR) is 90.0 cm³/mol. The first-order valence-corrected chi connectivity index (χ1v) is 9.04. The maximum atomic E-state index is 11.7. The summed E-state index contributed by atoms with van der Waals surface area (Å²) in [5, 5.41) is 0. The molecule has 1 aliphatic heterocycles. The quantitative estimate of drug-likeness (QED) is 0.778. The fourth-order valence-electron chi connectivity index (χ4n) is 2.57. The maximum absolute atomic E-state index is 11.7. The van der Waals surface area contributed by atoms with Gasteiger partial charge >= 0.3 is 0 Å². The van der Waals surface area contributed by atoms with Gasteiger partial charge in [0.1, 0.15) is 0 Å². The van der Waals surface area contributed by atoms with Crippen molar-refractivity contribution in [2.75, 3.05) is 32.1 Å². The molecular formula is C15H24N4O3S. The monoisotopic (exact) mass is 340 g/mol. The number of anilines is 1. The molecule has 0 aromatic heterocycles. The lowest BCUT2D eigenvalue weighted by Gasteiger charge is -2.33. The van der Waals surface area contributed by atoms with Crippen molar-refractivity contribution in [1.82, 2.24) is 9.03 Å². The molecule has 0 bridgehead atoms. The highest BCUT2D eigenvalue weighted by atomic mass is 32.2. The summed E-state index contributed by atoms with van der Waals surface area (Å²) in [5.41, 5.74) is 7.30. The lowest BCUT2D eigenvalue weighted by Crippen LogP contribution is -2.41. The number of rotatable bonds is 6. The van der Waals surface area contributed by atoms with Gasteiger partial charge in [0.15, 0.2) is 0 Å². The van der Waals surface area contributed by atoms with Gasteiger partial charge in [-0.1, -0.05) is 12.1 Å². The first-order valence-electron chi connectivity index (χ1n) is 7.60. The summed E-state index contributed by atoms with van der Waals surface area (Å²) >= 11 is 0. The number of benzene rings is 1. The Labute approximate surface area is 137 Å². The Balaban J connectivity index is 1.98. The standard InChI is InChI=1S/C15H24N4O3S/c1-18(2)23(21,22)17-10-12-5-7-14(8-6-12)19-9-3-4-13(11-19)15(16)20/h5-8,13,17H,3-4,9-11H2,1-2H3,(H2,16,20)/t13-/m1/s1. The predicted octanol–water partition coefficient (Wildman–Crippen LogP) is 0.284. The van der Waals surface area contributed by atoms with Gasteiger partial charge in [0.25, 0.3) is 10.2 Å². The number of nitrogens with zero attached hydrogens (tertiary/aromatic N) is 2. The molecule has 1 fully saturated rings. The van der Waals surface area contributed by atoms with Crippen LogP contribution >= 0.6 is 0 Å². The minimum absolute atomic E-state index is 0.102. The van der Waals surface area contributed by atoms with Crippen LogP contribution in [0.25, 0.3) is 0 Å². The van der Waals surface area contributed by atoms with Crippen molar-refractivity contribution >= 4 is 21.8 Å². The Hall–Kier alpha value is -1.64. The lowest BCUT2D eigenvalue weighted by atomic mass is 9.97. The first-order chi connectivity index (χ1) is 10.8. The largest absolute Gasteiger partial charge is 0.371 e. The minimum Gasteiger partial charge on any atom is -0.371 e. The number of hydrogen-bond acceptors (Lipinski definition) is 4. The summed E-state index contributed by atoms with van der Waals surface area (Å²) in [6.45, 7) is 1.78. The fraction of sp³-hybridized carbons (Fsp3) is 0.533. The number of carbonyl (C=O) groups excluding carboxylic acids is 1. The van der Waals surface area contributed by atoms with E-state index < -0.39 is 10.2 Å². The van der Waals surface area contributed by atoms with Crippen LogP contribution in [0.1, 0.15) is 18.4 Å². The van der Waals surface area contributed by atoms with Crippen LogP contribution in [-0.2, 0) is 21.5 Å². The molecule has 1 aliphatic rings. The normalized spacial score (nSPS) is 19.1. The van der Waals surface area contributed by atoms with Crippen molar-refractivity contribution in [2.24, 2.45) is 11.7 Å². The number of piperidine rings is 1. The summed E-state index contributed by atoms with van der Waals surface area (Å²) in [7, 11) is -0.456. The van der Waals surface area contributed by atoms with E-state index in [0.717, 1.165) is 34.9 Å². The van der Waals surface area contributed by atoms with Gasteiger partial charge in [0.05, 0.1) is 5.92 Å². The number of hydrogen-bond donors (Lipinski definition) is 2. The minimum atomic E-state index is -3.42. The fourth-order valence-corrected chi connectivity index (χ4v) is 3.18. The van der Waals surface area contributed by atoms with Gasteiger partial charge < -0.3 is 10.6 Å². The van der Waals surface area contributed by atoms with Gasteiger partial charge in [-0.3, -0.25) is 4.79 Å². The summed E-state index contributed by atoms with van der Waals surface area (Å²) in [5.74, 6) is -0.347. The molecule has 3 N–H and O–H groups in total. The van der Waals surface area contributed by atoms with E-state index in [9.17, 15) is 13.2 Å². The van der Waals surface area contributed by atoms with E-state index in [2.05, 4.69) is 9.62 Å². The Kier molecular flexibility index (Phi) is 5.61. The van der Waals surface area contributed by atoms with E-state index in [1.807, 2.05) is 24.3 Å². The molecule has 8 heteroatoms. The molecule has 0 unspecified atom stereocenters. The Morgan fingerprint density at radius 3 is 2.57 bits per heavy atom. The SMILES string of the molecule is CN(C)S(=O)(=O)NCc1ccc(N2CCC[C@@H](C(N)=O)C2)cc1. The van der Waals surface area contributed by atoms with Gasteiger partial charge in [0.2, 0.25) is 5.91 Å². The van der Waals surface area contributed by atoms with Gasteiger partial charge in [0, 0.05) is 39.4 Å². The molecule has 1 atom stereocenters. The van der Waals surface area contributed by atoms with Crippen molar-refractivity contribution in [3.05, 3.63) is 29.8 Å². The number of primary amides is 1. The summed E-state index contributed by atoms with van der Waals surface area (Å²) in [6, 6.07) is 7.67. The zero-order valence-electron chi connectivity index (χ0n) is 13.5. The van der Waals surface area contributed by atoms with Gasteiger partial charge in [-0.2, -0.15) is 17.4 Å². The third-order valence-electron chi connectivity index (χ3n) is 4.06. The van der Waals surface area contributed by atoms with Crippen LogP contribution in [0.3, 0.4) is 0 Å². The van der Waals surface area contributed by atoms with Crippen LogP contribution in [0.4, 0.5) is 5.69 Å². The molecule has 128 valence electrons. The van der Waals surface area contributed by atoms with Gasteiger partial charge in [-0.15, -0.1) is 0 Å². The molecule has 23 heavy (non-hydrogen) atoms. The van der Waals surface area contributed by atoms with E-state index in [4.69, 9.17) is 5.73 Å². The molecule has 1 saturated heterocycles. The van der Waals surface area contributed by atoms with Crippen molar-refractivity contribution in [1.29, 1.82) is 0 Å². The van der Waals surface area contributed by atoms with E-state index in [-0.39, 0.29) is 18.4 Å². The molecule has 0 spiro atoms. The van der Waals surface area contributed by atoms with Crippen molar-refractivity contribution < 1.29 is 13.2 Å². The molecule has 0 radical (unpaired) electrons. The molecule has 7 nitrogen and oxygen atoms in total. The maximum Gasteiger partial charge on any atom is 0.279 e. The van der Waals surface area contributed by atoms with Gasteiger partial charge in [-0.25, -0.2) is 0 Å². The van der Waals surface area contributed by atoms with E-state index >= 15 is 0 Å². The topological polar surface area (TPSA) is 95.7 Å². The Morgan fingerprint density at radius 1 is 1.35 bits per heavy atom. The number of nitrogens with two attached hydrogens (primary N) is 1. The zero-order chi connectivity index (χ0) is 17.0. The lowest BCUT2D eigenvalue weighted by molar-refractivity contribution is -0.122. The second kappa shape index (κ2) is 7.29. The Morgan fingerprint density at radius 2 is 2.00 bits per heavy atom. The van der Waals surface area contributed by atoms with E-state index in [1.54, 1.807) is 0 Å². The molecule has 1 aromatic carbocycles. The van der Waals surface area contributed by atoms with Crippen LogP contribution in [0, 0.1) is 5.92 Å². The number of nitrogens with one attached hydrogen (secondary N) is 1. The second-order valence-electron chi connectivity index (χ2n) is 5.96. The smallest absolute Gasteiger partial charge is 0.279 e. The summed E-state index contributed by atoms with van der Waals surface area (Å²) in [4.78, 5) is 13.5. The molecule has 1 heterocycles. The highest BCUT2D eigenvalue weighted by Crippen LogP contribution is 2.23. The third kappa shape index (κ3) is 4.66. The van der Waals surface area contributed by atoms with Gasteiger partial charge in [-0.05, 0) is 30.5 Å². The van der Waals surface area contributed by atoms with Crippen molar-refractivity contribution in [3.63, 3.8) is 0 Å². The summed E-state index contributed by atoms with van der Waals surface area (Å²) < 4.78 is 27.0. The zero-order valence-corrected chi connectivity index (χ0v) is 14.3.